The van der Waals surface area contributed by atoms with E-state index in [9.17, 15) is 4.79 Å². The average molecular weight is 247 g/mol. The molecule has 0 aliphatic heterocycles. The van der Waals surface area contributed by atoms with Gasteiger partial charge in [0.1, 0.15) is 5.54 Å². The zero-order chi connectivity index (χ0) is 13.2. The Kier molecular flexibility index (Phi) is 3.60. The first-order valence-electron chi connectivity index (χ1n) is 6.55. The van der Waals surface area contributed by atoms with E-state index in [1.807, 2.05) is 32.0 Å². The quantitative estimate of drug-likeness (QED) is 0.812. The molecule has 0 heterocycles. The minimum absolute atomic E-state index is 0.144. The fourth-order valence-electron chi connectivity index (χ4n) is 2.58. The molecule has 1 aliphatic rings. The Hall–Kier alpha value is -1.51. The third-order valence-corrected chi connectivity index (χ3v) is 3.77. The van der Waals surface area contributed by atoms with E-state index in [1.54, 1.807) is 0 Å². The standard InChI is InChI=1S/C15H21NO2/c1-4-15(12-8-9-12,14(17)18-3)16-13-7-5-6-11(2)10-13/h5-7,10,12,16H,4,8-9H2,1-3H3. The number of methoxy groups -OCH3 is 1. The summed E-state index contributed by atoms with van der Waals surface area (Å²) in [5, 5.41) is 3.42. The van der Waals surface area contributed by atoms with Crippen LogP contribution in [0.2, 0.25) is 0 Å². The molecule has 1 unspecified atom stereocenters. The topological polar surface area (TPSA) is 38.3 Å². The fourth-order valence-corrected chi connectivity index (χ4v) is 2.58. The molecule has 1 aromatic rings. The molecule has 3 heteroatoms. The molecule has 3 nitrogen and oxygen atoms in total. The van der Waals surface area contributed by atoms with Gasteiger partial charge in [0.05, 0.1) is 7.11 Å². The minimum atomic E-state index is -0.553. The Morgan fingerprint density at radius 2 is 2.22 bits per heavy atom. The van der Waals surface area contributed by atoms with Gasteiger partial charge < -0.3 is 10.1 Å². The number of hydrogen-bond donors (Lipinski definition) is 1. The van der Waals surface area contributed by atoms with Crippen molar-refractivity contribution in [2.45, 2.75) is 38.6 Å². The van der Waals surface area contributed by atoms with Crippen molar-refractivity contribution in [1.29, 1.82) is 0 Å². The van der Waals surface area contributed by atoms with Crippen molar-refractivity contribution in [3.05, 3.63) is 29.8 Å². The van der Waals surface area contributed by atoms with Crippen LogP contribution in [0, 0.1) is 12.8 Å². The van der Waals surface area contributed by atoms with E-state index in [0.717, 1.165) is 24.9 Å². The van der Waals surface area contributed by atoms with Crippen molar-refractivity contribution in [3.8, 4) is 0 Å². The van der Waals surface area contributed by atoms with Crippen LogP contribution in [0.1, 0.15) is 31.7 Å². The normalized spacial score (nSPS) is 17.9. The molecule has 0 saturated heterocycles. The highest BCUT2D eigenvalue weighted by atomic mass is 16.5. The summed E-state index contributed by atoms with van der Waals surface area (Å²) in [6.45, 7) is 4.09. The molecule has 0 radical (unpaired) electrons. The van der Waals surface area contributed by atoms with Crippen molar-refractivity contribution in [2.24, 2.45) is 5.92 Å². The van der Waals surface area contributed by atoms with Gasteiger partial charge >= 0.3 is 5.97 Å². The molecule has 0 aromatic heterocycles. The molecule has 98 valence electrons. The van der Waals surface area contributed by atoms with Crippen LogP contribution in [-0.4, -0.2) is 18.6 Å². The summed E-state index contributed by atoms with van der Waals surface area (Å²) in [4.78, 5) is 12.2. The number of hydrogen-bond acceptors (Lipinski definition) is 3. The maximum atomic E-state index is 12.2. The Bertz CT molecular complexity index is 440. The SMILES string of the molecule is CCC(Nc1cccc(C)c1)(C(=O)OC)C1CC1. The summed E-state index contributed by atoms with van der Waals surface area (Å²) >= 11 is 0. The van der Waals surface area contributed by atoms with Gasteiger partial charge in [0.15, 0.2) is 0 Å². The van der Waals surface area contributed by atoms with E-state index in [-0.39, 0.29) is 5.97 Å². The summed E-state index contributed by atoms with van der Waals surface area (Å²) in [6, 6.07) is 8.12. The number of anilines is 1. The molecule has 2 rings (SSSR count). The molecule has 0 amide bonds. The van der Waals surface area contributed by atoms with Crippen molar-refractivity contribution in [1.82, 2.24) is 0 Å². The lowest BCUT2D eigenvalue weighted by Crippen LogP contribution is -2.48. The zero-order valence-electron chi connectivity index (χ0n) is 11.3. The van der Waals surface area contributed by atoms with Crippen LogP contribution in [0.3, 0.4) is 0 Å². The third-order valence-electron chi connectivity index (χ3n) is 3.77. The highest BCUT2D eigenvalue weighted by molar-refractivity contribution is 5.85. The van der Waals surface area contributed by atoms with Crippen molar-refractivity contribution < 1.29 is 9.53 Å². The maximum Gasteiger partial charge on any atom is 0.331 e. The Morgan fingerprint density at radius 3 is 2.72 bits per heavy atom. The van der Waals surface area contributed by atoms with Crippen LogP contribution in [0.5, 0.6) is 0 Å². The molecule has 1 fully saturated rings. The van der Waals surface area contributed by atoms with Crippen LogP contribution in [0.25, 0.3) is 0 Å². The van der Waals surface area contributed by atoms with Crippen LogP contribution in [0.4, 0.5) is 5.69 Å². The van der Waals surface area contributed by atoms with E-state index in [4.69, 9.17) is 4.74 Å². The largest absolute Gasteiger partial charge is 0.467 e. The van der Waals surface area contributed by atoms with E-state index >= 15 is 0 Å². The number of nitrogens with one attached hydrogen (secondary N) is 1. The van der Waals surface area contributed by atoms with Gasteiger partial charge in [0.2, 0.25) is 0 Å². The minimum Gasteiger partial charge on any atom is -0.467 e. The number of aryl methyl sites for hydroxylation is 1. The van der Waals surface area contributed by atoms with Gasteiger partial charge in [-0.3, -0.25) is 0 Å². The van der Waals surface area contributed by atoms with Gasteiger partial charge in [0, 0.05) is 5.69 Å². The van der Waals surface area contributed by atoms with Crippen LogP contribution in [-0.2, 0) is 9.53 Å². The molecule has 1 atom stereocenters. The molecule has 18 heavy (non-hydrogen) atoms. The average Bonchev–Trinajstić information content (AvgIpc) is 3.19. The lowest BCUT2D eigenvalue weighted by Gasteiger charge is -2.32. The van der Waals surface area contributed by atoms with E-state index in [2.05, 4.69) is 11.4 Å². The predicted molar refractivity (Wildman–Crippen MR) is 72.6 cm³/mol. The monoisotopic (exact) mass is 247 g/mol. The van der Waals surface area contributed by atoms with Crippen LogP contribution >= 0.6 is 0 Å². The Balaban J connectivity index is 2.27. The molecule has 1 N–H and O–H groups in total. The summed E-state index contributed by atoms with van der Waals surface area (Å²) < 4.78 is 5.01. The first kappa shape index (κ1) is 12.9. The Labute approximate surface area is 109 Å². The predicted octanol–water partition coefficient (Wildman–Crippen LogP) is 3.14. The fraction of sp³-hybridized carbons (Fsp3) is 0.533. The summed E-state index contributed by atoms with van der Waals surface area (Å²) in [5.74, 6) is 0.254. The maximum absolute atomic E-state index is 12.2. The van der Waals surface area contributed by atoms with Gasteiger partial charge in [0.25, 0.3) is 0 Å². The third kappa shape index (κ3) is 2.35. The van der Waals surface area contributed by atoms with E-state index in [0.29, 0.717) is 5.92 Å². The second-order valence-electron chi connectivity index (χ2n) is 5.09. The van der Waals surface area contributed by atoms with Crippen LogP contribution < -0.4 is 5.32 Å². The lowest BCUT2D eigenvalue weighted by molar-refractivity contribution is -0.147. The molecule has 0 spiro atoms. The van der Waals surface area contributed by atoms with E-state index in [1.165, 1.54) is 12.7 Å². The second kappa shape index (κ2) is 5.01. The molecule has 1 saturated carbocycles. The number of rotatable bonds is 5. The molecule has 0 bridgehead atoms. The van der Waals surface area contributed by atoms with Gasteiger partial charge in [-0.25, -0.2) is 4.79 Å². The number of carbonyl (C=O) groups excluding carboxylic acids is 1. The summed E-state index contributed by atoms with van der Waals surface area (Å²) in [5.41, 5.74) is 1.63. The number of benzene rings is 1. The number of carbonyl (C=O) groups is 1. The summed E-state index contributed by atoms with van der Waals surface area (Å²) in [6.07, 6.45) is 2.95. The van der Waals surface area contributed by atoms with Gasteiger partial charge in [-0.1, -0.05) is 19.1 Å². The van der Waals surface area contributed by atoms with Gasteiger partial charge in [-0.2, -0.15) is 0 Å². The smallest absolute Gasteiger partial charge is 0.331 e. The first-order chi connectivity index (χ1) is 8.62. The van der Waals surface area contributed by atoms with Crippen molar-refractivity contribution >= 4 is 11.7 Å². The number of esters is 1. The number of ether oxygens (including phenoxy) is 1. The highest BCUT2D eigenvalue weighted by Crippen LogP contribution is 2.44. The van der Waals surface area contributed by atoms with Gasteiger partial charge in [-0.15, -0.1) is 0 Å². The van der Waals surface area contributed by atoms with Gasteiger partial charge in [-0.05, 0) is 49.8 Å². The zero-order valence-corrected chi connectivity index (χ0v) is 11.3. The summed E-state index contributed by atoms with van der Waals surface area (Å²) in [7, 11) is 1.47. The molecular weight excluding hydrogens is 226 g/mol. The van der Waals surface area contributed by atoms with Crippen molar-refractivity contribution in [2.75, 3.05) is 12.4 Å². The molecule has 1 aliphatic carbocycles. The van der Waals surface area contributed by atoms with E-state index < -0.39 is 5.54 Å². The molecule has 1 aromatic carbocycles. The first-order valence-corrected chi connectivity index (χ1v) is 6.55. The van der Waals surface area contributed by atoms with Crippen molar-refractivity contribution in [3.63, 3.8) is 0 Å². The molecular formula is C15H21NO2. The highest BCUT2D eigenvalue weighted by Gasteiger charge is 2.50. The van der Waals surface area contributed by atoms with Crippen LogP contribution in [0.15, 0.2) is 24.3 Å². The Morgan fingerprint density at radius 1 is 1.50 bits per heavy atom. The second-order valence-corrected chi connectivity index (χ2v) is 5.09. The lowest BCUT2D eigenvalue weighted by atomic mass is 9.89.